The molecule has 23 heavy (non-hydrogen) atoms. The molecule has 1 aromatic carbocycles. The Hall–Kier alpha value is -2.20. The third kappa shape index (κ3) is 5.18. The molecule has 4 heteroatoms. The normalized spacial score (nSPS) is 12.7. The Kier molecular flexibility index (Phi) is 5.88. The maximum Gasteiger partial charge on any atom is 0.223 e. The third-order valence-corrected chi connectivity index (χ3v) is 3.81. The molecular formula is C19H24N2O2. The van der Waals surface area contributed by atoms with Crippen molar-refractivity contribution in [3.05, 3.63) is 66.0 Å². The number of pyridine rings is 1. The first-order chi connectivity index (χ1) is 11.0. The van der Waals surface area contributed by atoms with Crippen LogP contribution in [0.2, 0.25) is 0 Å². The van der Waals surface area contributed by atoms with Crippen LogP contribution >= 0.6 is 0 Å². The summed E-state index contributed by atoms with van der Waals surface area (Å²) in [5, 5.41) is 3.04. The molecule has 0 aliphatic carbocycles. The molecule has 1 atom stereocenters. The van der Waals surface area contributed by atoms with E-state index < -0.39 is 5.54 Å². The Bertz CT molecular complexity index is 612. The number of amides is 1. The van der Waals surface area contributed by atoms with E-state index in [1.165, 1.54) is 0 Å². The van der Waals surface area contributed by atoms with Gasteiger partial charge in [0.15, 0.2) is 0 Å². The van der Waals surface area contributed by atoms with Gasteiger partial charge in [0.05, 0.1) is 23.8 Å². The largest absolute Gasteiger partial charge is 0.381 e. The van der Waals surface area contributed by atoms with Gasteiger partial charge in [-0.15, -0.1) is 0 Å². The molecule has 1 aromatic heterocycles. The smallest absolute Gasteiger partial charge is 0.223 e. The summed E-state index contributed by atoms with van der Waals surface area (Å²) in [4.78, 5) is 16.7. The minimum Gasteiger partial charge on any atom is -0.381 e. The summed E-state index contributed by atoms with van der Waals surface area (Å²) in [7, 11) is 1.64. The summed E-state index contributed by atoms with van der Waals surface area (Å²) in [5.41, 5.74) is 1.49. The molecule has 0 spiro atoms. The predicted octanol–water partition coefficient (Wildman–Crippen LogP) is 3.08. The van der Waals surface area contributed by atoms with Crippen molar-refractivity contribution >= 4 is 5.91 Å². The summed E-state index contributed by atoms with van der Waals surface area (Å²) in [6.07, 6.45) is 2.63. The zero-order valence-electron chi connectivity index (χ0n) is 14.0. The summed E-state index contributed by atoms with van der Waals surface area (Å²) >= 11 is 0. The van der Waals surface area contributed by atoms with Crippen LogP contribution in [-0.4, -0.2) is 24.1 Å². The Labute approximate surface area is 137 Å². The fourth-order valence-corrected chi connectivity index (χ4v) is 2.52. The number of nitrogens with zero attached hydrogens (tertiary/aromatic N) is 1. The first kappa shape index (κ1) is 17.2. The summed E-state index contributed by atoms with van der Waals surface area (Å²) in [6, 6.07) is 15.7. The van der Waals surface area contributed by atoms with Crippen molar-refractivity contribution in [3.8, 4) is 0 Å². The highest BCUT2D eigenvalue weighted by atomic mass is 16.5. The molecular weight excluding hydrogens is 288 g/mol. The van der Waals surface area contributed by atoms with E-state index in [2.05, 4.69) is 10.3 Å². The van der Waals surface area contributed by atoms with Gasteiger partial charge in [0.2, 0.25) is 5.91 Å². The van der Waals surface area contributed by atoms with Gasteiger partial charge in [0.1, 0.15) is 0 Å². The van der Waals surface area contributed by atoms with Crippen molar-refractivity contribution in [2.24, 2.45) is 0 Å². The van der Waals surface area contributed by atoms with E-state index in [1.807, 2.05) is 62.4 Å². The highest BCUT2D eigenvalue weighted by Crippen LogP contribution is 2.18. The number of ether oxygens (including phenoxy) is 1. The van der Waals surface area contributed by atoms with Crippen LogP contribution in [0.1, 0.15) is 31.5 Å². The van der Waals surface area contributed by atoms with Crippen LogP contribution < -0.4 is 5.32 Å². The molecule has 1 N–H and O–H groups in total. The maximum atomic E-state index is 12.4. The number of benzene rings is 1. The van der Waals surface area contributed by atoms with Crippen molar-refractivity contribution in [1.29, 1.82) is 0 Å². The molecule has 0 saturated carbocycles. The summed E-state index contributed by atoms with van der Waals surface area (Å²) in [5.74, 6) is -0.0385. The topological polar surface area (TPSA) is 51.2 Å². The number of carbonyl (C=O) groups is 1. The fraction of sp³-hybridized carbons (Fsp3) is 0.368. The highest BCUT2D eigenvalue weighted by Gasteiger charge is 2.25. The van der Waals surface area contributed by atoms with Crippen molar-refractivity contribution in [1.82, 2.24) is 10.3 Å². The second-order valence-electron chi connectivity index (χ2n) is 6.14. The van der Waals surface area contributed by atoms with Gasteiger partial charge in [-0.05, 0) is 38.0 Å². The van der Waals surface area contributed by atoms with Gasteiger partial charge in [-0.1, -0.05) is 36.4 Å². The molecule has 1 heterocycles. The first-order valence-corrected chi connectivity index (χ1v) is 7.80. The minimum absolute atomic E-state index is 0.0385. The Morgan fingerprint density at radius 3 is 2.48 bits per heavy atom. The third-order valence-electron chi connectivity index (χ3n) is 3.81. The van der Waals surface area contributed by atoms with E-state index in [4.69, 9.17) is 4.74 Å². The highest BCUT2D eigenvalue weighted by molar-refractivity contribution is 5.77. The molecule has 0 radical (unpaired) electrons. The number of rotatable bonds is 7. The molecule has 0 saturated heterocycles. The molecule has 2 rings (SSSR count). The van der Waals surface area contributed by atoms with E-state index in [1.54, 1.807) is 13.3 Å². The van der Waals surface area contributed by atoms with Gasteiger partial charge >= 0.3 is 0 Å². The quantitative estimate of drug-likeness (QED) is 0.855. The van der Waals surface area contributed by atoms with Crippen molar-refractivity contribution < 1.29 is 9.53 Å². The molecule has 0 bridgehead atoms. The van der Waals surface area contributed by atoms with Crippen molar-refractivity contribution in [2.75, 3.05) is 7.11 Å². The van der Waals surface area contributed by atoms with Gasteiger partial charge in [-0.2, -0.15) is 0 Å². The van der Waals surface area contributed by atoms with Gasteiger partial charge < -0.3 is 10.1 Å². The zero-order valence-corrected chi connectivity index (χ0v) is 14.0. The molecule has 0 aliphatic heterocycles. The van der Waals surface area contributed by atoms with E-state index in [0.29, 0.717) is 6.42 Å². The number of nitrogens with one attached hydrogen (secondary N) is 1. The van der Waals surface area contributed by atoms with Crippen molar-refractivity contribution in [3.63, 3.8) is 0 Å². The van der Waals surface area contributed by atoms with Crippen LogP contribution in [0, 0.1) is 0 Å². The number of hydrogen-bond acceptors (Lipinski definition) is 3. The average molecular weight is 312 g/mol. The van der Waals surface area contributed by atoms with Crippen LogP contribution in [-0.2, 0) is 21.5 Å². The second kappa shape index (κ2) is 7.88. The van der Waals surface area contributed by atoms with Crippen molar-refractivity contribution in [2.45, 2.75) is 38.3 Å². The predicted molar refractivity (Wildman–Crippen MR) is 91.0 cm³/mol. The summed E-state index contributed by atoms with van der Waals surface area (Å²) in [6.45, 7) is 3.90. The number of methoxy groups -OCH3 is 1. The SMILES string of the molecule is COC(CC(=O)NC(C)(C)c1ccccn1)Cc1ccccc1. The van der Waals surface area contributed by atoms with Crippen LogP contribution in [0.5, 0.6) is 0 Å². The van der Waals surface area contributed by atoms with Crippen LogP contribution in [0.25, 0.3) is 0 Å². The molecule has 122 valence electrons. The monoisotopic (exact) mass is 312 g/mol. The average Bonchev–Trinajstić information content (AvgIpc) is 2.55. The molecule has 1 unspecified atom stereocenters. The van der Waals surface area contributed by atoms with Crippen LogP contribution in [0.15, 0.2) is 54.7 Å². The van der Waals surface area contributed by atoms with Crippen LogP contribution in [0.4, 0.5) is 0 Å². The van der Waals surface area contributed by atoms with Gasteiger partial charge in [0, 0.05) is 13.3 Å². The van der Waals surface area contributed by atoms with E-state index in [-0.39, 0.29) is 12.0 Å². The Morgan fingerprint density at radius 1 is 1.17 bits per heavy atom. The van der Waals surface area contributed by atoms with E-state index in [9.17, 15) is 4.79 Å². The second-order valence-corrected chi connectivity index (χ2v) is 6.14. The standard InChI is InChI=1S/C19H24N2O2/c1-19(2,17-11-7-8-12-20-17)21-18(22)14-16(23-3)13-15-9-5-4-6-10-15/h4-12,16H,13-14H2,1-3H3,(H,21,22). The van der Waals surface area contributed by atoms with Gasteiger partial charge in [-0.3, -0.25) is 9.78 Å². The number of aromatic nitrogens is 1. The fourth-order valence-electron chi connectivity index (χ4n) is 2.52. The molecule has 2 aromatic rings. The lowest BCUT2D eigenvalue weighted by Crippen LogP contribution is -2.43. The maximum absolute atomic E-state index is 12.4. The first-order valence-electron chi connectivity index (χ1n) is 7.80. The molecule has 1 amide bonds. The minimum atomic E-state index is -0.511. The number of carbonyl (C=O) groups excluding carboxylic acids is 1. The molecule has 0 aliphatic rings. The number of hydrogen-bond donors (Lipinski definition) is 1. The lowest BCUT2D eigenvalue weighted by Gasteiger charge is -2.26. The van der Waals surface area contributed by atoms with Gasteiger partial charge in [-0.25, -0.2) is 0 Å². The Morgan fingerprint density at radius 2 is 1.87 bits per heavy atom. The van der Waals surface area contributed by atoms with Gasteiger partial charge in [0.25, 0.3) is 0 Å². The zero-order chi connectivity index (χ0) is 16.7. The lowest BCUT2D eigenvalue weighted by molar-refractivity contribution is -0.125. The van der Waals surface area contributed by atoms with Crippen LogP contribution in [0.3, 0.4) is 0 Å². The lowest BCUT2D eigenvalue weighted by atomic mass is 9.98. The van der Waals surface area contributed by atoms with E-state index in [0.717, 1.165) is 17.7 Å². The summed E-state index contributed by atoms with van der Waals surface area (Å²) < 4.78 is 5.47. The Balaban J connectivity index is 1.94. The molecule has 4 nitrogen and oxygen atoms in total. The van der Waals surface area contributed by atoms with E-state index >= 15 is 0 Å². The molecule has 0 fully saturated rings.